The number of hydrogen-bond donors (Lipinski definition) is 2. The first-order chi connectivity index (χ1) is 9.00. The summed E-state index contributed by atoms with van der Waals surface area (Å²) in [6, 6.07) is 6.28. The number of benzene rings is 1. The first kappa shape index (κ1) is 15.7. The van der Waals surface area contributed by atoms with Gasteiger partial charge in [-0.05, 0) is 31.2 Å². The second kappa shape index (κ2) is 7.91. The van der Waals surface area contributed by atoms with E-state index in [4.69, 9.17) is 9.84 Å². The Balaban J connectivity index is 2.22. The van der Waals surface area contributed by atoms with Crippen molar-refractivity contribution in [3.63, 3.8) is 0 Å². The van der Waals surface area contributed by atoms with Gasteiger partial charge in [0.2, 0.25) is 0 Å². The quantitative estimate of drug-likeness (QED) is 0.700. The standard InChI is InChI=1S/C13H19NO4S/c1-10(19(2)17)9-14-7-8-18-12-5-3-11(4-6-12)13(15)16/h3-6,10,14H,7-9H2,1-2H3,(H,15,16). The van der Waals surface area contributed by atoms with Crippen LogP contribution >= 0.6 is 0 Å². The summed E-state index contributed by atoms with van der Waals surface area (Å²) in [5.41, 5.74) is 0.240. The van der Waals surface area contributed by atoms with E-state index >= 15 is 0 Å². The van der Waals surface area contributed by atoms with Crippen LogP contribution in [0.5, 0.6) is 5.75 Å². The van der Waals surface area contributed by atoms with Gasteiger partial charge in [-0.1, -0.05) is 0 Å². The summed E-state index contributed by atoms with van der Waals surface area (Å²) in [6.45, 7) is 3.75. The second-order valence-corrected chi connectivity index (χ2v) is 5.99. The lowest BCUT2D eigenvalue weighted by molar-refractivity contribution is 0.0697. The number of rotatable bonds is 8. The molecule has 106 valence electrons. The van der Waals surface area contributed by atoms with Gasteiger partial charge in [-0.25, -0.2) is 4.79 Å². The monoisotopic (exact) mass is 285 g/mol. The number of hydrogen-bond acceptors (Lipinski definition) is 4. The molecule has 0 saturated carbocycles. The third-order valence-corrected chi connectivity index (χ3v) is 3.95. The minimum atomic E-state index is -0.949. The Morgan fingerprint density at radius 1 is 1.42 bits per heavy atom. The molecule has 2 N–H and O–H groups in total. The van der Waals surface area contributed by atoms with Gasteiger partial charge in [-0.2, -0.15) is 0 Å². The van der Waals surface area contributed by atoms with E-state index in [1.807, 2.05) is 6.92 Å². The Morgan fingerprint density at radius 2 is 2.05 bits per heavy atom. The van der Waals surface area contributed by atoms with Crippen molar-refractivity contribution in [3.05, 3.63) is 29.8 Å². The SMILES string of the molecule is CC(CNCCOc1ccc(C(=O)O)cc1)S(C)=O. The molecule has 1 aromatic rings. The van der Waals surface area contributed by atoms with E-state index in [1.54, 1.807) is 18.4 Å². The van der Waals surface area contributed by atoms with Gasteiger partial charge in [-0.3, -0.25) is 4.21 Å². The van der Waals surface area contributed by atoms with E-state index in [2.05, 4.69) is 5.32 Å². The number of ether oxygens (including phenoxy) is 1. The van der Waals surface area contributed by atoms with E-state index in [1.165, 1.54) is 12.1 Å². The van der Waals surface area contributed by atoms with E-state index in [-0.39, 0.29) is 10.8 Å². The Labute approximate surface area is 115 Å². The molecule has 0 amide bonds. The highest BCUT2D eigenvalue weighted by molar-refractivity contribution is 7.84. The lowest BCUT2D eigenvalue weighted by atomic mass is 10.2. The van der Waals surface area contributed by atoms with E-state index in [0.29, 0.717) is 25.4 Å². The smallest absolute Gasteiger partial charge is 0.335 e. The molecule has 0 bridgehead atoms. The largest absolute Gasteiger partial charge is 0.492 e. The fourth-order valence-corrected chi connectivity index (χ4v) is 1.71. The summed E-state index contributed by atoms with van der Waals surface area (Å²) in [7, 11) is -0.818. The van der Waals surface area contributed by atoms with Crippen molar-refractivity contribution in [1.82, 2.24) is 5.32 Å². The maximum atomic E-state index is 11.1. The lowest BCUT2D eigenvalue weighted by Crippen LogP contribution is -2.30. The van der Waals surface area contributed by atoms with Crippen LogP contribution in [0.1, 0.15) is 17.3 Å². The lowest BCUT2D eigenvalue weighted by Gasteiger charge is -2.10. The van der Waals surface area contributed by atoms with Gasteiger partial charge >= 0.3 is 5.97 Å². The first-order valence-electron chi connectivity index (χ1n) is 6.00. The van der Waals surface area contributed by atoms with Gasteiger partial charge < -0.3 is 15.2 Å². The zero-order valence-corrected chi connectivity index (χ0v) is 11.9. The fourth-order valence-electron chi connectivity index (χ4n) is 1.36. The Bertz CT molecular complexity index is 433. The fraction of sp³-hybridized carbons (Fsp3) is 0.462. The maximum Gasteiger partial charge on any atom is 0.335 e. The molecule has 0 fully saturated rings. The first-order valence-corrected chi connectivity index (χ1v) is 7.62. The third-order valence-electron chi connectivity index (χ3n) is 2.65. The van der Waals surface area contributed by atoms with E-state index in [9.17, 15) is 9.00 Å². The molecule has 0 aliphatic heterocycles. The van der Waals surface area contributed by atoms with Gasteiger partial charge in [0.15, 0.2) is 0 Å². The molecule has 1 rings (SSSR count). The molecule has 5 nitrogen and oxygen atoms in total. The van der Waals surface area contributed by atoms with Crippen molar-refractivity contribution in [2.24, 2.45) is 0 Å². The van der Waals surface area contributed by atoms with Crippen LogP contribution < -0.4 is 10.1 Å². The highest BCUT2D eigenvalue weighted by atomic mass is 32.2. The number of carboxylic acid groups (broad SMARTS) is 1. The maximum absolute atomic E-state index is 11.1. The van der Waals surface area contributed by atoms with E-state index in [0.717, 1.165) is 0 Å². The average Bonchev–Trinajstić information content (AvgIpc) is 2.38. The molecule has 19 heavy (non-hydrogen) atoms. The molecule has 1 aromatic carbocycles. The van der Waals surface area contributed by atoms with Crippen LogP contribution in [0.4, 0.5) is 0 Å². The van der Waals surface area contributed by atoms with Crippen LogP contribution in [0.15, 0.2) is 24.3 Å². The number of carboxylic acids is 1. The molecule has 0 heterocycles. The highest BCUT2D eigenvalue weighted by Gasteiger charge is 2.05. The summed E-state index contributed by atoms with van der Waals surface area (Å²) >= 11 is 0. The summed E-state index contributed by atoms with van der Waals surface area (Å²) in [6.07, 6.45) is 1.69. The Hall–Kier alpha value is -1.40. The molecule has 0 aliphatic carbocycles. The number of aromatic carboxylic acids is 1. The Kier molecular flexibility index (Phi) is 6.52. The molecule has 0 aliphatic rings. The van der Waals surface area contributed by atoms with Crippen molar-refractivity contribution >= 4 is 16.8 Å². The molecule has 0 aromatic heterocycles. The highest BCUT2D eigenvalue weighted by Crippen LogP contribution is 2.11. The van der Waals surface area contributed by atoms with Crippen LogP contribution in [0, 0.1) is 0 Å². The molecule has 0 radical (unpaired) electrons. The van der Waals surface area contributed by atoms with Gasteiger partial charge in [-0.15, -0.1) is 0 Å². The minimum absolute atomic E-state index is 0.120. The summed E-state index contributed by atoms with van der Waals surface area (Å²) in [5, 5.41) is 12.0. The van der Waals surface area contributed by atoms with Crippen LogP contribution in [0.3, 0.4) is 0 Å². The van der Waals surface area contributed by atoms with Crippen molar-refractivity contribution < 1.29 is 18.8 Å². The predicted octanol–water partition coefficient (Wildman–Crippen LogP) is 1.12. The van der Waals surface area contributed by atoms with Crippen molar-refractivity contribution in [2.75, 3.05) is 26.0 Å². The third kappa shape index (κ3) is 5.85. The summed E-state index contributed by atoms with van der Waals surface area (Å²) in [4.78, 5) is 10.7. The summed E-state index contributed by atoms with van der Waals surface area (Å²) < 4.78 is 16.6. The minimum Gasteiger partial charge on any atom is -0.492 e. The van der Waals surface area contributed by atoms with Gasteiger partial charge in [0.25, 0.3) is 0 Å². The average molecular weight is 285 g/mol. The predicted molar refractivity (Wildman–Crippen MR) is 75.3 cm³/mol. The molecule has 6 heteroatoms. The van der Waals surface area contributed by atoms with Crippen molar-refractivity contribution in [2.45, 2.75) is 12.2 Å². The molecule has 2 unspecified atom stereocenters. The zero-order valence-electron chi connectivity index (χ0n) is 11.1. The van der Waals surface area contributed by atoms with Crippen LogP contribution in [0.25, 0.3) is 0 Å². The topological polar surface area (TPSA) is 75.6 Å². The number of carbonyl (C=O) groups is 1. The van der Waals surface area contributed by atoms with Crippen molar-refractivity contribution in [3.8, 4) is 5.75 Å². The van der Waals surface area contributed by atoms with Crippen LogP contribution in [0.2, 0.25) is 0 Å². The van der Waals surface area contributed by atoms with Gasteiger partial charge in [0.1, 0.15) is 12.4 Å². The normalized spacial score (nSPS) is 13.8. The van der Waals surface area contributed by atoms with Crippen LogP contribution in [-0.2, 0) is 10.8 Å². The van der Waals surface area contributed by atoms with Gasteiger partial charge in [0.05, 0.1) is 5.56 Å². The van der Waals surface area contributed by atoms with E-state index < -0.39 is 16.8 Å². The molecule has 0 spiro atoms. The van der Waals surface area contributed by atoms with Crippen molar-refractivity contribution in [1.29, 1.82) is 0 Å². The zero-order chi connectivity index (χ0) is 14.3. The molecular formula is C13H19NO4S. The van der Waals surface area contributed by atoms with Gasteiger partial charge in [0, 0.05) is 35.4 Å². The number of nitrogens with one attached hydrogen (secondary N) is 1. The molecule has 2 atom stereocenters. The van der Waals surface area contributed by atoms with Crippen LogP contribution in [-0.4, -0.2) is 46.5 Å². The molecular weight excluding hydrogens is 266 g/mol. The summed E-state index contributed by atoms with van der Waals surface area (Å²) in [5.74, 6) is -0.311. The second-order valence-electron chi connectivity index (χ2n) is 4.19. The molecule has 0 saturated heterocycles. The Morgan fingerprint density at radius 3 is 2.58 bits per heavy atom.